The molecule has 27 heavy (non-hydrogen) atoms. The van der Waals surface area contributed by atoms with E-state index in [1.165, 1.54) is 40.6 Å². The first kappa shape index (κ1) is 19.5. The molecule has 0 saturated carbocycles. The number of ether oxygens (including phenoxy) is 1. The van der Waals surface area contributed by atoms with E-state index in [-0.39, 0.29) is 0 Å². The lowest BCUT2D eigenvalue weighted by molar-refractivity contribution is 0.413. The second-order valence-corrected chi connectivity index (χ2v) is 7.36. The number of aromatic amines is 1. The number of para-hydroxylation sites is 1. The summed E-state index contributed by atoms with van der Waals surface area (Å²) in [5, 5.41) is 1.35. The molecule has 144 valence electrons. The van der Waals surface area contributed by atoms with Crippen molar-refractivity contribution in [3.05, 3.63) is 53.1 Å². The van der Waals surface area contributed by atoms with Crippen LogP contribution in [0.3, 0.4) is 0 Å². The monoisotopic (exact) mass is 364 g/mol. The average Bonchev–Trinajstić information content (AvgIpc) is 3.04. The summed E-state index contributed by atoms with van der Waals surface area (Å²) < 4.78 is 5.74. The summed E-state index contributed by atoms with van der Waals surface area (Å²) in [7, 11) is 1.76. The van der Waals surface area contributed by atoms with Gasteiger partial charge in [-0.05, 0) is 80.5 Å². The van der Waals surface area contributed by atoms with E-state index >= 15 is 0 Å². The molecule has 0 saturated heterocycles. The molecule has 1 heterocycles. The van der Waals surface area contributed by atoms with Gasteiger partial charge in [0.2, 0.25) is 0 Å². The Morgan fingerprint density at radius 3 is 2.63 bits per heavy atom. The highest BCUT2D eigenvalue weighted by Crippen LogP contribution is 2.38. The van der Waals surface area contributed by atoms with Crippen LogP contribution >= 0.6 is 0 Å². The summed E-state index contributed by atoms with van der Waals surface area (Å²) in [6.07, 6.45) is 6.78. The maximum atomic E-state index is 5.75. The van der Waals surface area contributed by atoms with Gasteiger partial charge in [0.1, 0.15) is 5.75 Å². The quantitative estimate of drug-likeness (QED) is 0.473. The van der Waals surface area contributed by atoms with E-state index in [1.54, 1.807) is 7.11 Å². The van der Waals surface area contributed by atoms with Crippen molar-refractivity contribution in [1.82, 2.24) is 4.98 Å². The summed E-state index contributed by atoms with van der Waals surface area (Å²) in [5.41, 5.74) is 13.3. The van der Waals surface area contributed by atoms with Crippen LogP contribution < -0.4 is 10.5 Å². The Balaban J connectivity index is 2.13. The summed E-state index contributed by atoms with van der Waals surface area (Å²) in [5.74, 6) is 0.954. The van der Waals surface area contributed by atoms with E-state index in [1.807, 2.05) is 0 Å². The zero-order valence-electron chi connectivity index (χ0n) is 16.9. The van der Waals surface area contributed by atoms with Crippen molar-refractivity contribution in [2.45, 2.75) is 52.4 Å². The third-order valence-corrected chi connectivity index (χ3v) is 5.36. The van der Waals surface area contributed by atoms with Gasteiger partial charge in [-0.15, -0.1) is 0 Å². The average molecular weight is 365 g/mol. The number of aryl methyl sites for hydroxylation is 3. The number of nitrogens with two attached hydrogens (primary N) is 1. The predicted molar refractivity (Wildman–Crippen MR) is 116 cm³/mol. The third kappa shape index (κ3) is 4.19. The fourth-order valence-corrected chi connectivity index (χ4v) is 3.89. The van der Waals surface area contributed by atoms with Crippen LogP contribution in [0.2, 0.25) is 0 Å². The van der Waals surface area contributed by atoms with Crippen molar-refractivity contribution < 1.29 is 4.74 Å². The smallest absolute Gasteiger partial charge is 0.131 e. The molecule has 0 bridgehead atoms. The number of benzene rings is 2. The minimum Gasteiger partial charge on any atom is -0.496 e. The lowest BCUT2D eigenvalue weighted by Gasteiger charge is -2.12. The Morgan fingerprint density at radius 2 is 1.89 bits per heavy atom. The molecule has 1 aromatic heterocycles. The number of aromatic nitrogens is 1. The Kier molecular flexibility index (Phi) is 6.57. The maximum Gasteiger partial charge on any atom is 0.131 e. The standard InChI is InChI=1S/C24H32N2O/c1-4-5-10-18-13-14-22-21(16-18)19(11-6-7-15-25)23(26-22)20-12-8-9-17(2)24(20)27-3/h8-9,12-14,16,26H,4-7,10-11,15,25H2,1-3H3. The van der Waals surface area contributed by atoms with Crippen molar-refractivity contribution >= 4 is 10.9 Å². The summed E-state index contributed by atoms with van der Waals surface area (Å²) in [6, 6.07) is 13.2. The highest BCUT2D eigenvalue weighted by atomic mass is 16.5. The van der Waals surface area contributed by atoms with E-state index < -0.39 is 0 Å². The zero-order chi connectivity index (χ0) is 19.2. The zero-order valence-corrected chi connectivity index (χ0v) is 16.9. The van der Waals surface area contributed by atoms with Crippen molar-refractivity contribution in [3.63, 3.8) is 0 Å². The van der Waals surface area contributed by atoms with E-state index in [2.05, 4.69) is 55.2 Å². The molecular weight excluding hydrogens is 332 g/mol. The van der Waals surface area contributed by atoms with Crippen LogP contribution in [0.1, 0.15) is 49.3 Å². The normalized spacial score (nSPS) is 11.3. The fraction of sp³-hybridized carbons (Fsp3) is 0.417. The van der Waals surface area contributed by atoms with Gasteiger partial charge in [-0.3, -0.25) is 0 Å². The van der Waals surface area contributed by atoms with Crippen molar-refractivity contribution in [3.8, 4) is 17.0 Å². The van der Waals surface area contributed by atoms with Crippen LogP contribution in [-0.4, -0.2) is 18.6 Å². The molecule has 0 fully saturated rings. The van der Waals surface area contributed by atoms with Crippen LogP contribution in [0.5, 0.6) is 5.75 Å². The minimum absolute atomic E-state index is 0.743. The molecule has 0 radical (unpaired) electrons. The number of hydrogen-bond acceptors (Lipinski definition) is 2. The number of hydrogen-bond donors (Lipinski definition) is 2. The fourth-order valence-electron chi connectivity index (χ4n) is 3.89. The van der Waals surface area contributed by atoms with Crippen LogP contribution in [-0.2, 0) is 12.8 Å². The van der Waals surface area contributed by atoms with Crippen LogP contribution in [0, 0.1) is 6.92 Å². The first-order chi connectivity index (χ1) is 13.2. The molecule has 0 aliphatic carbocycles. The molecule has 3 aromatic rings. The van der Waals surface area contributed by atoms with E-state index in [4.69, 9.17) is 10.5 Å². The lowest BCUT2D eigenvalue weighted by atomic mass is 9.97. The van der Waals surface area contributed by atoms with Gasteiger partial charge in [0.25, 0.3) is 0 Å². The Bertz CT molecular complexity index is 895. The SMILES string of the molecule is CCCCc1ccc2[nH]c(-c3cccc(C)c3OC)c(CCCCN)c2c1. The van der Waals surface area contributed by atoms with Gasteiger partial charge in [0.15, 0.2) is 0 Å². The van der Waals surface area contributed by atoms with Crippen LogP contribution in [0.4, 0.5) is 0 Å². The third-order valence-electron chi connectivity index (χ3n) is 5.36. The molecule has 0 amide bonds. The van der Waals surface area contributed by atoms with Crippen molar-refractivity contribution in [1.29, 1.82) is 0 Å². The Morgan fingerprint density at radius 1 is 1.04 bits per heavy atom. The summed E-state index contributed by atoms with van der Waals surface area (Å²) >= 11 is 0. The van der Waals surface area contributed by atoms with Gasteiger partial charge >= 0.3 is 0 Å². The second-order valence-electron chi connectivity index (χ2n) is 7.36. The number of fused-ring (bicyclic) bond motifs is 1. The molecule has 3 nitrogen and oxygen atoms in total. The van der Waals surface area contributed by atoms with Crippen LogP contribution in [0.15, 0.2) is 36.4 Å². The molecular formula is C24H32N2O. The Labute approximate surface area is 162 Å². The van der Waals surface area contributed by atoms with Gasteiger partial charge in [0, 0.05) is 16.5 Å². The number of unbranched alkanes of at least 4 members (excludes halogenated alkanes) is 2. The van der Waals surface area contributed by atoms with E-state index in [9.17, 15) is 0 Å². The second kappa shape index (κ2) is 9.09. The first-order valence-electron chi connectivity index (χ1n) is 10.2. The van der Waals surface area contributed by atoms with Gasteiger partial charge in [-0.2, -0.15) is 0 Å². The molecule has 3 rings (SSSR count). The summed E-state index contributed by atoms with van der Waals surface area (Å²) in [4.78, 5) is 3.68. The predicted octanol–water partition coefficient (Wildman–Crippen LogP) is 5.78. The molecule has 3 N–H and O–H groups in total. The number of methoxy groups -OCH3 is 1. The molecule has 0 atom stereocenters. The minimum atomic E-state index is 0.743. The maximum absolute atomic E-state index is 5.75. The van der Waals surface area contributed by atoms with Crippen LogP contribution in [0.25, 0.3) is 22.2 Å². The molecule has 0 spiro atoms. The first-order valence-corrected chi connectivity index (χ1v) is 10.2. The highest BCUT2D eigenvalue weighted by Gasteiger charge is 2.17. The summed E-state index contributed by atoms with van der Waals surface area (Å²) in [6.45, 7) is 5.09. The molecule has 2 aromatic carbocycles. The van der Waals surface area contributed by atoms with Gasteiger partial charge < -0.3 is 15.5 Å². The topological polar surface area (TPSA) is 51.0 Å². The van der Waals surface area contributed by atoms with Gasteiger partial charge in [-0.25, -0.2) is 0 Å². The molecule has 0 aliphatic rings. The van der Waals surface area contributed by atoms with Crippen molar-refractivity contribution in [2.75, 3.05) is 13.7 Å². The molecule has 3 heteroatoms. The number of nitrogens with one attached hydrogen (secondary N) is 1. The molecule has 0 unspecified atom stereocenters. The van der Waals surface area contributed by atoms with Crippen molar-refractivity contribution in [2.24, 2.45) is 5.73 Å². The lowest BCUT2D eigenvalue weighted by Crippen LogP contribution is -2.00. The number of rotatable bonds is 9. The molecule has 0 aliphatic heterocycles. The largest absolute Gasteiger partial charge is 0.496 e. The van der Waals surface area contributed by atoms with Gasteiger partial charge in [-0.1, -0.05) is 31.5 Å². The van der Waals surface area contributed by atoms with E-state index in [0.29, 0.717) is 0 Å². The highest BCUT2D eigenvalue weighted by molar-refractivity contribution is 5.92. The van der Waals surface area contributed by atoms with Gasteiger partial charge in [0.05, 0.1) is 12.8 Å². The number of H-pyrrole nitrogens is 1. The van der Waals surface area contributed by atoms with E-state index in [0.717, 1.165) is 49.1 Å². The Hall–Kier alpha value is -2.26.